The van der Waals surface area contributed by atoms with E-state index in [-0.39, 0.29) is 11.3 Å². The third kappa shape index (κ3) is 3.79. The van der Waals surface area contributed by atoms with E-state index in [1.165, 1.54) is 32.4 Å². The second-order valence-electron chi connectivity index (χ2n) is 6.03. The van der Waals surface area contributed by atoms with Gasteiger partial charge in [0.15, 0.2) is 0 Å². The molecule has 0 aliphatic carbocycles. The van der Waals surface area contributed by atoms with Gasteiger partial charge in [0.1, 0.15) is 5.37 Å². The zero-order valence-corrected chi connectivity index (χ0v) is 14.4. The third-order valence-electron chi connectivity index (χ3n) is 4.46. The van der Waals surface area contributed by atoms with Crippen LogP contribution in [0.1, 0.15) is 36.6 Å². The molecule has 1 aromatic carbocycles. The summed E-state index contributed by atoms with van der Waals surface area (Å²) in [4.78, 5) is 16.7. The maximum absolute atomic E-state index is 12.2. The molecular formula is C17H23ClN2OS. The van der Waals surface area contributed by atoms with Crippen LogP contribution in [-0.2, 0) is 4.79 Å². The molecular weight excluding hydrogens is 316 g/mol. The van der Waals surface area contributed by atoms with Gasteiger partial charge in [-0.1, -0.05) is 36.2 Å². The molecule has 0 aromatic heterocycles. The molecule has 1 aromatic rings. The van der Waals surface area contributed by atoms with Gasteiger partial charge in [0.2, 0.25) is 5.91 Å². The summed E-state index contributed by atoms with van der Waals surface area (Å²) < 4.78 is 0. The van der Waals surface area contributed by atoms with Gasteiger partial charge in [-0.15, -0.1) is 11.8 Å². The summed E-state index contributed by atoms with van der Waals surface area (Å²) in [5.41, 5.74) is 1.07. The quantitative estimate of drug-likeness (QED) is 0.816. The average Bonchev–Trinajstić information content (AvgIpc) is 2.90. The Bertz CT molecular complexity index is 519. The van der Waals surface area contributed by atoms with Gasteiger partial charge in [0.25, 0.3) is 0 Å². The van der Waals surface area contributed by atoms with Crippen LogP contribution in [0.5, 0.6) is 0 Å². The van der Waals surface area contributed by atoms with Crippen LogP contribution in [0.15, 0.2) is 24.3 Å². The normalized spacial score (nSPS) is 23.2. The van der Waals surface area contributed by atoms with Crippen molar-refractivity contribution >= 4 is 29.3 Å². The summed E-state index contributed by atoms with van der Waals surface area (Å²) in [6.07, 6.45) is 5.06. The Labute approximate surface area is 142 Å². The number of halogens is 1. The zero-order chi connectivity index (χ0) is 15.4. The molecule has 1 atom stereocenters. The Balaban J connectivity index is 1.58. The molecule has 22 heavy (non-hydrogen) atoms. The highest BCUT2D eigenvalue weighted by molar-refractivity contribution is 8.00. The van der Waals surface area contributed by atoms with Crippen LogP contribution in [0.2, 0.25) is 5.02 Å². The lowest BCUT2D eigenvalue weighted by molar-refractivity contribution is -0.128. The van der Waals surface area contributed by atoms with Crippen LogP contribution >= 0.6 is 23.4 Å². The average molecular weight is 339 g/mol. The van der Waals surface area contributed by atoms with Gasteiger partial charge in [-0.2, -0.15) is 0 Å². The van der Waals surface area contributed by atoms with Crippen molar-refractivity contribution in [2.24, 2.45) is 0 Å². The van der Waals surface area contributed by atoms with E-state index in [4.69, 9.17) is 11.6 Å². The number of hydrogen-bond acceptors (Lipinski definition) is 3. The number of piperidine rings is 1. The Hall–Kier alpha value is -0.710. The molecule has 1 amide bonds. The van der Waals surface area contributed by atoms with Crippen molar-refractivity contribution in [3.05, 3.63) is 34.9 Å². The third-order valence-corrected chi connectivity index (χ3v) is 6.04. The van der Waals surface area contributed by atoms with Crippen LogP contribution in [0.4, 0.5) is 0 Å². The largest absolute Gasteiger partial charge is 0.326 e. The van der Waals surface area contributed by atoms with Crippen LogP contribution in [0, 0.1) is 0 Å². The topological polar surface area (TPSA) is 23.6 Å². The molecule has 2 heterocycles. The highest BCUT2D eigenvalue weighted by Gasteiger charge is 2.33. The molecule has 2 saturated heterocycles. The summed E-state index contributed by atoms with van der Waals surface area (Å²) in [5, 5.41) is 0.846. The molecule has 0 spiro atoms. The number of hydrogen-bond donors (Lipinski definition) is 0. The van der Waals surface area contributed by atoms with Gasteiger partial charge in [0.05, 0.1) is 5.75 Å². The van der Waals surface area contributed by atoms with Crippen LogP contribution in [0.3, 0.4) is 0 Å². The standard InChI is InChI=1S/C17H23ClN2OS/c18-15-8-3-2-7-14(15)17-20(16(21)13-22-17)12-6-11-19-9-4-1-5-10-19/h2-3,7-8,17H,1,4-6,9-13H2. The molecule has 0 radical (unpaired) electrons. The first-order valence-corrected chi connectivity index (χ1v) is 9.56. The molecule has 1 unspecified atom stereocenters. The number of amides is 1. The van der Waals surface area contributed by atoms with E-state index in [1.54, 1.807) is 11.8 Å². The monoisotopic (exact) mass is 338 g/mol. The molecule has 5 heteroatoms. The predicted molar refractivity (Wildman–Crippen MR) is 93.3 cm³/mol. The van der Waals surface area contributed by atoms with E-state index in [1.807, 2.05) is 29.2 Å². The fraction of sp³-hybridized carbons (Fsp3) is 0.588. The molecule has 0 bridgehead atoms. The molecule has 0 saturated carbocycles. The number of carbonyl (C=O) groups excluding carboxylic acids is 1. The summed E-state index contributed by atoms with van der Waals surface area (Å²) >= 11 is 8.00. The maximum atomic E-state index is 12.2. The molecule has 0 N–H and O–H groups in total. The van der Waals surface area contributed by atoms with Crippen LogP contribution in [-0.4, -0.2) is 47.6 Å². The minimum Gasteiger partial charge on any atom is -0.326 e. The highest BCUT2D eigenvalue weighted by atomic mass is 35.5. The van der Waals surface area contributed by atoms with E-state index >= 15 is 0 Å². The Morgan fingerprint density at radius 3 is 2.68 bits per heavy atom. The summed E-state index contributed by atoms with van der Waals surface area (Å²) in [7, 11) is 0. The van der Waals surface area contributed by atoms with E-state index in [2.05, 4.69) is 4.90 Å². The van der Waals surface area contributed by atoms with Gasteiger partial charge < -0.3 is 9.80 Å². The first-order chi connectivity index (χ1) is 10.8. The van der Waals surface area contributed by atoms with Gasteiger partial charge >= 0.3 is 0 Å². The van der Waals surface area contributed by atoms with Crippen molar-refractivity contribution in [3.63, 3.8) is 0 Å². The number of carbonyl (C=O) groups is 1. The lowest BCUT2D eigenvalue weighted by Gasteiger charge is -2.29. The molecule has 2 fully saturated rings. The Morgan fingerprint density at radius 1 is 1.14 bits per heavy atom. The van der Waals surface area contributed by atoms with E-state index in [9.17, 15) is 4.79 Å². The molecule has 3 nitrogen and oxygen atoms in total. The summed E-state index contributed by atoms with van der Waals surface area (Å²) in [6, 6.07) is 7.88. The fourth-order valence-electron chi connectivity index (χ4n) is 3.28. The number of thioether (sulfide) groups is 1. The molecule has 120 valence electrons. The molecule has 3 rings (SSSR count). The number of likely N-dealkylation sites (tertiary alicyclic amines) is 1. The van der Waals surface area contributed by atoms with E-state index in [0.717, 1.165) is 30.1 Å². The van der Waals surface area contributed by atoms with Gasteiger partial charge in [0, 0.05) is 17.1 Å². The van der Waals surface area contributed by atoms with Crippen LogP contribution < -0.4 is 0 Å². The first kappa shape index (κ1) is 16.2. The van der Waals surface area contributed by atoms with Crippen molar-refractivity contribution in [3.8, 4) is 0 Å². The van der Waals surface area contributed by atoms with Crippen molar-refractivity contribution in [1.82, 2.24) is 9.80 Å². The van der Waals surface area contributed by atoms with Crippen molar-refractivity contribution in [1.29, 1.82) is 0 Å². The smallest absolute Gasteiger partial charge is 0.233 e. The van der Waals surface area contributed by atoms with Crippen LogP contribution in [0.25, 0.3) is 0 Å². The zero-order valence-electron chi connectivity index (χ0n) is 12.8. The number of benzene rings is 1. The minimum absolute atomic E-state index is 0.0857. The van der Waals surface area contributed by atoms with Gasteiger partial charge in [-0.25, -0.2) is 0 Å². The van der Waals surface area contributed by atoms with Crippen molar-refractivity contribution in [2.75, 3.05) is 31.9 Å². The summed E-state index contributed by atoms with van der Waals surface area (Å²) in [6.45, 7) is 4.37. The Kier molecular flexibility index (Phi) is 5.66. The number of nitrogens with zero attached hydrogens (tertiary/aromatic N) is 2. The first-order valence-electron chi connectivity index (χ1n) is 8.13. The second kappa shape index (κ2) is 7.71. The van der Waals surface area contributed by atoms with Gasteiger partial charge in [-0.05, 0) is 45.0 Å². The lowest BCUT2D eigenvalue weighted by atomic mass is 10.1. The molecule has 2 aliphatic rings. The Morgan fingerprint density at radius 2 is 1.91 bits per heavy atom. The predicted octanol–water partition coefficient (Wildman–Crippen LogP) is 3.79. The number of rotatable bonds is 5. The fourth-order valence-corrected chi connectivity index (χ4v) is 4.83. The van der Waals surface area contributed by atoms with Gasteiger partial charge in [-0.3, -0.25) is 4.79 Å². The van der Waals surface area contributed by atoms with E-state index < -0.39 is 0 Å². The second-order valence-corrected chi connectivity index (χ2v) is 7.50. The van der Waals surface area contributed by atoms with Crippen molar-refractivity contribution in [2.45, 2.75) is 31.1 Å². The lowest BCUT2D eigenvalue weighted by Crippen LogP contribution is -2.34. The maximum Gasteiger partial charge on any atom is 0.233 e. The molecule has 2 aliphatic heterocycles. The van der Waals surface area contributed by atoms with Crippen molar-refractivity contribution < 1.29 is 4.79 Å². The minimum atomic E-state index is 0.0857. The SMILES string of the molecule is O=C1CSC(c2ccccc2Cl)N1CCCN1CCCCC1. The summed E-state index contributed by atoms with van der Waals surface area (Å²) in [5.74, 6) is 0.813. The van der Waals surface area contributed by atoms with E-state index in [0.29, 0.717) is 5.75 Å². The highest BCUT2D eigenvalue weighted by Crippen LogP contribution is 2.41.